The summed E-state index contributed by atoms with van der Waals surface area (Å²) in [5, 5.41) is 5.33. The van der Waals surface area contributed by atoms with Gasteiger partial charge in [0.1, 0.15) is 0 Å². The first-order valence-electron chi connectivity index (χ1n) is 9.03. The minimum absolute atomic E-state index is 0.804. The van der Waals surface area contributed by atoms with Gasteiger partial charge in [0.2, 0.25) is 0 Å². The molecule has 2 heteroatoms. The van der Waals surface area contributed by atoms with E-state index in [1.807, 2.05) is 24.3 Å². The van der Waals surface area contributed by atoms with Crippen LogP contribution in [0.15, 0.2) is 84.9 Å². The molecule has 1 aromatic heterocycles. The number of nitrogens with zero attached hydrogens (tertiary/aromatic N) is 1. The number of benzene rings is 4. The molecule has 0 saturated carbocycles. The first-order chi connectivity index (χ1) is 13.3. The van der Waals surface area contributed by atoms with Crippen LogP contribution in [0, 0.1) is 0 Å². The Hall–Kier alpha value is -3.16. The van der Waals surface area contributed by atoms with E-state index in [4.69, 9.17) is 16.6 Å². The van der Waals surface area contributed by atoms with Gasteiger partial charge in [0.05, 0.1) is 16.4 Å². The highest BCUT2D eigenvalue weighted by Crippen LogP contribution is 2.52. The van der Waals surface area contributed by atoms with Gasteiger partial charge in [-0.2, -0.15) is 0 Å². The number of hydrogen-bond acceptors (Lipinski definition) is 1. The summed E-state index contributed by atoms with van der Waals surface area (Å²) >= 11 is 6.92. The van der Waals surface area contributed by atoms with E-state index in [1.54, 1.807) is 0 Å². The standard InChI is InChI=1S/C25H14ClN/c26-24-18-12-6-4-10-16(18)22-17-11-5-7-13-19(17)25-23(22)20(24)14-21(27-25)15-8-2-1-3-9-15/h1-14H. The molecular formula is C25H14ClN. The van der Waals surface area contributed by atoms with Gasteiger partial charge in [0.25, 0.3) is 0 Å². The maximum atomic E-state index is 6.92. The molecule has 0 unspecified atom stereocenters. The summed E-state index contributed by atoms with van der Waals surface area (Å²) in [6.07, 6.45) is 0. The van der Waals surface area contributed by atoms with Crippen molar-refractivity contribution in [2.24, 2.45) is 0 Å². The molecule has 0 fully saturated rings. The Kier molecular flexibility index (Phi) is 3.00. The Bertz CT molecular complexity index is 1370. The minimum atomic E-state index is 0.804. The molecule has 1 aliphatic rings. The topological polar surface area (TPSA) is 12.9 Å². The Labute approximate surface area is 161 Å². The molecule has 6 rings (SSSR count). The fourth-order valence-electron chi connectivity index (χ4n) is 4.28. The van der Waals surface area contributed by atoms with Crippen LogP contribution < -0.4 is 0 Å². The average Bonchev–Trinajstić information content (AvgIpc) is 3.07. The molecular weight excluding hydrogens is 350 g/mol. The van der Waals surface area contributed by atoms with Gasteiger partial charge >= 0.3 is 0 Å². The highest BCUT2D eigenvalue weighted by Gasteiger charge is 2.27. The minimum Gasteiger partial charge on any atom is -0.247 e. The zero-order valence-corrected chi connectivity index (χ0v) is 15.2. The summed E-state index contributed by atoms with van der Waals surface area (Å²) < 4.78 is 0. The molecule has 0 N–H and O–H groups in total. The second-order valence-corrected chi connectivity index (χ2v) is 7.30. The van der Waals surface area contributed by atoms with Crippen LogP contribution in [0.1, 0.15) is 0 Å². The summed E-state index contributed by atoms with van der Waals surface area (Å²) in [7, 11) is 0. The molecule has 1 nitrogen and oxygen atoms in total. The number of hydrogen-bond donors (Lipinski definition) is 0. The second kappa shape index (κ2) is 5.42. The van der Waals surface area contributed by atoms with Gasteiger partial charge in [-0.25, -0.2) is 4.98 Å². The van der Waals surface area contributed by atoms with Crippen molar-refractivity contribution in [2.45, 2.75) is 0 Å². The average molecular weight is 364 g/mol. The lowest BCUT2D eigenvalue weighted by Crippen LogP contribution is -1.89. The maximum absolute atomic E-state index is 6.92. The fourth-order valence-corrected chi connectivity index (χ4v) is 4.60. The highest BCUT2D eigenvalue weighted by molar-refractivity contribution is 6.43. The summed E-state index contributed by atoms with van der Waals surface area (Å²) in [4.78, 5) is 5.07. The molecule has 1 heterocycles. The van der Waals surface area contributed by atoms with Crippen molar-refractivity contribution in [3.63, 3.8) is 0 Å². The van der Waals surface area contributed by atoms with Crippen molar-refractivity contribution >= 4 is 33.1 Å². The monoisotopic (exact) mass is 363 g/mol. The van der Waals surface area contributed by atoms with Gasteiger partial charge in [0, 0.05) is 32.8 Å². The number of aromatic nitrogens is 1. The van der Waals surface area contributed by atoms with Crippen LogP contribution in [0.3, 0.4) is 0 Å². The summed E-state index contributed by atoms with van der Waals surface area (Å²) in [5.41, 5.74) is 6.77. The van der Waals surface area contributed by atoms with Crippen molar-refractivity contribution < 1.29 is 0 Å². The van der Waals surface area contributed by atoms with Gasteiger partial charge in [-0.15, -0.1) is 0 Å². The van der Waals surface area contributed by atoms with Crippen LogP contribution in [-0.2, 0) is 0 Å². The van der Waals surface area contributed by atoms with E-state index in [0.29, 0.717) is 0 Å². The van der Waals surface area contributed by atoms with E-state index in [-0.39, 0.29) is 0 Å². The third-order valence-electron chi connectivity index (χ3n) is 5.46. The molecule has 4 aromatic carbocycles. The zero-order valence-electron chi connectivity index (χ0n) is 14.4. The lowest BCUT2D eigenvalue weighted by molar-refractivity contribution is 1.36. The highest BCUT2D eigenvalue weighted by atomic mass is 35.5. The predicted octanol–water partition coefficient (Wildman–Crippen LogP) is 7.36. The molecule has 0 amide bonds. The summed E-state index contributed by atoms with van der Waals surface area (Å²) in [5.74, 6) is 0. The first kappa shape index (κ1) is 15.0. The van der Waals surface area contributed by atoms with Gasteiger partial charge in [-0.3, -0.25) is 0 Å². The summed E-state index contributed by atoms with van der Waals surface area (Å²) in [6, 6.07) is 29.4. The first-order valence-corrected chi connectivity index (χ1v) is 9.41. The van der Waals surface area contributed by atoms with Crippen molar-refractivity contribution in [1.82, 2.24) is 4.98 Å². The number of fused-ring (bicyclic) bond motifs is 5. The van der Waals surface area contributed by atoms with Crippen LogP contribution in [0.4, 0.5) is 0 Å². The normalized spacial score (nSPS) is 11.9. The molecule has 0 saturated heterocycles. The van der Waals surface area contributed by atoms with E-state index in [9.17, 15) is 0 Å². The molecule has 0 aliphatic heterocycles. The van der Waals surface area contributed by atoms with Crippen molar-refractivity contribution in [1.29, 1.82) is 0 Å². The number of rotatable bonds is 1. The third-order valence-corrected chi connectivity index (χ3v) is 5.87. The van der Waals surface area contributed by atoms with Crippen LogP contribution in [-0.4, -0.2) is 4.98 Å². The maximum Gasteiger partial charge on any atom is 0.0801 e. The molecule has 0 atom stereocenters. The lowest BCUT2D eigenvalue weighted by atomic mass is 9.95. The van der Waals surface area contributed by atoms with E-state index < -0.39 is 0 Å². The SMILES string of the molecule is Clc1c2ccccc2c2c3c(nc(-c4ccccc4)cc13)-c1ccccc1-2. The Morgan fingerprint density at radius 2 is 1.30 bits per heavy atom. The van der Waals surface area contributed by atoms with Crippen molar-refractivity contribution in [3.8, 4) is 33.6 Å². The van der Waals surface area contributed by atoms with Gasteiger partial charge in [0.15, 0.2) is 0 Å². The zero-order chi connectivity index (χ0) is 18.0. The van der Waals surface area contributed by atoms with Crippen LogP contribution in [0.5, 0.6) is 0 Å². The molecule has 27 heavy (non-hydrogen) atoms. The fraction of sp³-hybridized carbons (Fsp3) is 0. The molecule has 126 valence electrons. The van der Waals surface area contributed by atoms with Crippen LogP contribution in [0.2, 0.25) is 5.02 Å². The molecule has 1 aliphatic carbocycles. The van der Waals surface area contributed by atoms with Crippen molar-refractivity contribution in [3.05, 3.63) is 90.0 Å². The van der Waals surface area contributed by atoms with E-state index in [0.717, 1.165) is 32.7 Å². The molecule has 0 radical (unpaired) electrons. The number of pyridine rings is 1. The van der Waals surface area contributed by atoms with E-state index in [2.05, 4.69) is 60.7 Å². The van der Waals surface area contributed by atoms with Gasteiger partial charge < -0.3 is 0 Å². The summed E-state index contributed by atoms with van der Waals surface area (Å²) in [6.45, 7) is 0. The molecule has 0 bridgehead atoms. The van der Waals surface area contributed by atoms with E-state index in [1.165, 1.54) is 27.5 Å². The third kappa shape index (κ3) is 1.98. The smallest absolute Gasteiger partial charge is 0.0801 e. The van der Waals surface area contributed by atoms with Crippen LogP contribution in [0.25, 0.3) is 55.2 Å². The van der Waals surface area contributed by atoms with Crippen LogP contribution >= 0.6 is 11.6 Å². The molecule has 5 aromatic rings. The Morgan fingerprint density at radius 3 is 2.11 bits per heavy atom. The van der Waals surface area contributed by atoms with E-state index >= 15 is 0 Å². The largest absolute Gasteiger partial charge is 0.247 e. The predicted molar refractivity (Wildman–Crippen MR) is 114 cm³/mol. The Morgan fingerprint density at radius 1 is 0.630 bits per heavy atom. The second-order valence-electron chi connectivity index (χ2n) is 6.92. The quantitative estimate of drug-likeness (QED) is 0.278. The molecule has 0 spiro atoms. The number of halogens is 1. The van der Waals surface area contributed by atoms with Gasteiger partial charge in [-0.1, -0.05) is 90.5 Å². The van der Waals surface area contributed by atoms with Gasteiger partial charge in [-0.05, 0) is 17.0 Å². The van der Waals surface area contributed by atoms with Crippen molar-refractivity contribution in [2.75, 3.05) is 0 Å². The lowest BCUT2D eigenvalue weighted by Gasteiger charge is -2.12. The Balaban J connectivity index is 1.86.